The van der Waals surface area contributed by atoms with Crippen molar-refractivity contribution in [2.24, 2.45) is 0 Å². The SMILES string of the molecule is CC(CNc1ccc(F)cc1N)N(C)C1CC1. The molecule has 3 N–H and O–H groups in total. The molecule has 1 atom stereocenters. The third-order valence-corrected chi connectivity index (χ3v) is 3.42. The molecule has 0 amide bonds. The molecule has 4 heteroatoms. The minimum absolute atomic E-state index is 0.295. The minimum Gasteiger partial charge on any atom is -0.397 e. The van der Waals surface area contributed by atoms with Crippen molar-refractivity contribution < 1.29 is 4.39 Å². The number of nitrogens with two attached hydrogens (primary N) is 1. The Balaban J connectivity index is 1.88. The van der Waals surface area contributed by atoms with Gasteiger partial charge in [-0.3, -0.25) is 4.90 Å². The van der Waals surface area contributed by atoms with Crippen molar-refractivity contribution >= 4 is 11.4 Å². The van der Waals surface area contributed by atoms with Crippen molar-refractivity contribution in [1.29, 1.82) is 0 Å². The van der Waals surface area contributed by atoms with Crippen LogP contribution in [0.4, 0.5) is 15.8 Å². The summed E-state index contributed by atoms with van der Waals surface area (Å²) in [5.74, 6) is -0.295. The van der Waals surface area contributed by atoms with Crippen molar-refractivity contribution in [3.05, 3.63) is 24.0 Å². The molecule has 1 aliphatic rings. The van der Waals surface area contributed by atoms with Crippen LogP contribution in [-0.4, -0.2) is 30.6 Å². The van der Waals surface area contributed by atoms with E-state index in [4.69, 9.17) is 5.73 Å². The van der Waals surface area contributed by atoms with Gasteiger partial charge in [0.1, 0.15) is 5.82 Å². The fourth-order valence-electron chi connectivity index (χ4n) is 1.94. The summed E-state index contributed by atoms with van der Waals surface area (Å²) < 4.78 is 12.9. The molecule has 17 heavy (non-hydrogen) atoms. The molecular formula is C13H20FN3. The zero-order valence-electron chi connectivity index (χ0n) is 10.4. The van der Waals surface area contributed by atoms with E-state index in [9.17, 15) is 4.39 Å². The van der Waals surface area contributed by atoms with E-state index in [1.165, 1.54) is 25.0 Å². The van der Waals surface area contributed by atoms with E-state index in [2.05, 4.69) is 24.2 Å². The largest absolute Gasteiger partial charge is 0.397 e. The van der Waals surface area contributed by atoms with E-state index in [0.717, 1.165) is 18.3 Å². The number of likely N-dealkylation sites (N-methyl/N-ethyl adjacent to an activating group) is 1. The number of rotatable bonds is 5. The number of hydrogen-bond acceptors (Lipinski definition) is 3. The Morgan fingerprint density at radius 3 is 2.82 bits per heavy atom. The molecule has 0 spiro atoms. The van der Waals surface area contributed by atoms with Crippen LogP contribution in [0.15, 0.2) is 18.2 Å². The van der Waals surface area contributed by atoms with Crippen molar-refractivity contribution in [3.8, 4) is 0 Å². The Hall–Kier alpha value is -1.29. The van der Waals surface area contributed by atoms with Gasteiger partial charge in [0, 0.05) is 18.6 Å². The second-order valence-electron chi connectivity index (χ2n) is 4.86. The molecule has 1 aromatic rings. The lowest BCUT2D eigenvalue weighted by Crippen LogP contribution is -2.36. The van der Waals surface area contributed by atoms with Gasteiger partial charge in [-0.25, -0.2) is 4.39 Å². The summed E-state index contributed by atoms with van der Waals surface area (Å²) in [7, 11) is 2.15. The fraction of sp³-hybridized carbons (Fsp3) is 0.538. The van der Waals surface area contributed by atoms with Crippen LogP contribution >= 0.6 is 0 Å². The summed E-state index contributed by atoms with van der Waals surface area (Å²) in [4.78, 5) is 2.38. The number of nitrogen functional groups attached to an aromatic ring is 1. The standard InChI is InChI=1S/C13H20FN3/c1-9(17(2)11-4-5-11)8-16-13-6-3-10(14)7-12(13)15/h3,6-7,9,11,16H,4-5,8,15H2,1-2H3. The number of anilines is 2. The fourth-order valence-corrected chi connectivity index (χ4v) is 1.94. The molecule has 2 rings (SSSR count). The van der Waals surface area contributed by atoms with Crippen LogP contribution in [0.2, 0.25) is 0 Å². The summed E-state index contributed by atoms with van der Waals surface area (Å²) in [5, 5.41) is 3.27. The van der Waals surface area contributed by atoms with Crippen LogP contribution in [0.5, 0.6) is 0 Å². The van der Waals surface area contributed by atoms with Crippen LogP contribution in [0, 0.1) is 5.82 Å². The quantitative estimate of drug-likeness (QED) is 0.772. The van der Waals surface area contributed by atoms with Crippen molar-refractivity contribution in [2.45, 2.75) is 31.8 Å². The van der Waals surface area contributed by atoms with Gasteiger partial charge in [-0.1, -0.05) is 0 Å². The van der Waals surface area contributed by atoms with Gasteiger partial charge in [0.15, 0.2) is 0 Å². The van der Waals surface area contributed by atoms with Crippen LogP contribution in [0.1, 0.15) is 19.8 Å². The van der Waals surface area contributed by atoms with E-state index in [1.807, 2.05) is 0 Å². The summed E-state index contributed by atoms with van der Waals surface area (Å²) in [5.41, 5.74) is 7.01. The number of benzene rings is 1. The lowest BCUT2D eigenvalue weighted by Gasteiger charge is -2.25. The topological polar surface area (TPSA) is 41.3 Å². The van der Waals surface area contributed by atoms with Gasteiger partial charge >= 0.3 is 0 Å². The van der Waals surface area contributed by atoms with E-state index < -0.39 is 0 Å². The highest BCUT2D eigenvalue weighted by molar-refractivity contribution is 5.65. The van der Waals surface area contributed by atoms with E-state index >= 15 is 0 Å². The first kappa shape index (κ1) is 12.2. The smallest absolute Gasteiger partial charge is 0.125 e. The first-order chi connectivity index (χ1) is 8.08. The predicted octanol–water partition coefficient (Wildman–Crippen LogP) is 2.30. The van der Waals surface area contributed by atoms with Crippen molar-refractivity contribution in [1.82, 2.24) is 4.90 Å². The Bertz CT molecular complexity index is 390. The molecule has 0 aromatic heterocycles. The van der Waals surface area contributed by atoms with E-state index in [-0.39, 0.29) is 5.82 Å². The Kier molecular flexibility index (Phi) is 3.52. The molecule has 0 bridgehead atoms. The summed E-state index contributed by atoms with van der Waals surface area (Å²) >= 11 is 0. The molecule has 1 saturated carbocycles. The Morgan fingerprint density at radius 2 is 2.24 bits per heavy atom. The molecule has 1 aromatic carbocycles. The van der Waals surface area contributed by atoms with E-state index in [0.29, 0.717) is 11.7 Å². The Labute approximate surface area is 102 Å². The monoisotopic (exact) mass is 237 g/mol. The van der Waals surface area contributed by atoms with Crippen LogP contribution in [0.25, 0.3) is 0 Å². The van der Waals surface area contributed by atoms with Gasteiger partial charge < -0.3 is 11.1 Å². The maximum atomic E-state index is 12.9. The molecule has 1 unspecified atom stereocenters. The Morgan fingerprint density at radius 1 is 1.53 bits per heavy atom. The van der Waals surface area contributed by atoms with Crippen LogP contribution < -0.4 is 11.1 Å². The number of hydrogen-bond donors (Lipinski definition) is 2. The van der Waals surface area contributed by atoms with Gasteiger partial charge in [0.2, 0.25) is 0 Å². The second-order valence-corrected chi connectivity index (χ2v) is 4.86. The molecule has 3 nitrogen and oxygen atoms in total. The third kappa shape index (κ3) is 3.09. The highest BCUT2D eigenvalue weighted by Gasteiger charge is 2.28. The summed E-state index contributed by atoms with van der Waals surface area (Å²) in [6, 6.07) is 5.66. The molecule has 0 saturated heterocycles. The van der Waals surface area contributed by atoms with Gasteiger partial charge in [0.05, 0.1) is 11.4 Å². The summed E-state index contributed by atoms with van der Waals surface area (Å²) in [6.07, 6.45) is 2.61. The van der Waals surface area contributed by atoms with Crippen molar-refractivity contribution in [2.75, 3.05) is 24.6 Å². The van der Waals surface area contributed by atoms with Crippen LogP contribution in [-0.2, 0) is 0 Å². The van der Waals surface area contributed by atoms with Crippen LogP contribution in [0.3, 0.4) is 0 Å². The maximum absolute atomic E-state index is 12.9. The average molecular weight is 237 g/mol. The molecule has 94 valence electrons. The highest BCUT2D eigenvalue weighted by Crippen LogP contribution is 2.27. The van der Waals surface area contributed by atoms with Gasteiger partial charge in [0.25, 0.3) is 0 Å². The molecule has 0 radical (unpaired) electrons. The molecular weight excluding hydrogens is 217 g/mol. The predicted molar refractivity (Wildman–Crippen MR) is 69.5 cm³/mol. The minimum atomic E-state index is -0.295. The normalized spacial score (nSPS) is 17.2. The maximum Gasteiger partial charge on any atom is 0.125 e. The lowest BCUT2D eigenvalue weighted by atomic mass is 10.2. The third-order valence-electron chi connectivity index (χ3n) is 3.42. The van der Waals surface area contributed by atoms with E-state index in [1.54, 1.807) is 6.07 Å². The number of halogens is 1. The average Bonchev–Trinajstić information content (AvgIpc) is 3.10. The molecule has 1 aliphatic carbocycles. The lowest BCUT2D eigenvalue weighted by molar-refractivity contribution is 0.257. The first-order valence-electron chi connectivity index (χ1n) is 6.08. The first-order valence-corrected chi connectivity index (χ1v) is 6.08. The zero-order chi connectivity index (χ0) is 12.4. The summed E-state index contributed by atoms with van der Waals surface area (Å²) in [6.45, 7) is 3.01. The second kappa shape index (κ2) is 4.92. The number of nitrogens with one attached hydrogen (secondary N) is 1. The molecule has 0 aliphatic heterocycles. The highest BCUT2D eigenvalue weighted by atomic mass is 19.1. The zero-order valence-corrected chi connectivity index (χ0v) is 10.4. The number of nitrogens with zero attached hydrogens (tertiary/aromatic N) is 1. The van der Waals surface area contributed by atoms with Gasteiger partial charge in [-0.2, -0.15) is 0 Å². The van der Waals surface area contributed by atoms with Gasteiger partial charge in [-0.15, -0.1) is 0 Å². The van der Waals surface area contributed by atoms with Gasteiger partial charge in [-0.05, 0) is 45.0 Å². The molecule has 1 fully saturated rings. The van der Waals surface area contributed by atoms with Crippen molar-refractivity contribution in [3.63, 3.8) is 0 Å². The molecule has 0 heterocycles.